The molecule has 4 rings (SSSR count). The van der Waals surface area contributed by atoms with Crippen LogP contribution in [0.15, 0.2) is 47.3 Å². The highest BCUT2D eigenvalue weighted by atomic mass is 16.1. The minimum absolute atomic E-state index is 0.0751. The zero-order valence-electron chi connectivity index (χ0n) is 13.8. The lowest BCUT2D eigenvalue weighted by molar-refractivity contribution is 0.268. The molecule has 1 aromatic carbocycles. The van der Waals surface area contributed by atoms with Gasteiger partial charge in [-0.1, -0.05) is 18.2 Å². The molecule has 5 heteroatoms. The number of hydrogen-bond donors (Lipinski definition) is 0. The molecule has 122 valence electrons. The lowest BCUT2D eigenvalue weighted by Gasteiger charge is -2.18. The average molecular weight is 320 g/mol. The Bertz CT molecular complexity index is 947. The second kappa shape index (κ2) is 6.17. The van der Waals surface area contributed by atoms with E-state index in [-0.39, 0.29) is 5.56 Å². The van der Waals surface area contributed by atoms with Crippen molar-refractivity contribution in [2.45, 2.75) is 26.4 Å². The third-order valence-corrected chi connectivity index (χ3v) is 4.56. The van der Waals surface area contributed by atoms with Crippen molar-refractivity contribution in [3.05, 3.63) is 70.0 Å². The van der Waals surface area contributed by atoms with Crippen LogP contribution in [0.4, 0.5) is 0 Å². The van der Waals surface area contributed by atoms with Gasteiger partial charge in [0.25, 0.3) is 5.56 Å². The van der Waals surface area contributed by atoms with Crippen LogP contribution in [0.3, 0.4) is 0 Å². The molecule has 5 nitrogen and oxygen atoms in total. The molecule has 1 aliphatic heterocycles. The van der Waals surface area contributed by atoms with Gasteiger partial charge in [-0.2, -0.15) is 0 Å². The molecular formula is C19H20N4O. The molecule has 0 saturated heterocycles. The Morgan fingerprint density at radius 2 is 1.88 bits per heavy atom. The summed E-state index contributed by atoms with van der Waals surface area (Å²) in [7, 11) is 0. The van der Waals surface area contributed by atoms with Crippen LogP contribution in [0.25, 0.3) is 10.9 Å². The van der Waals surface area contributed by atoms with Crippen LogP contribution in [0.2, 0.25) is 0 Å². The number of aromatic nitrogens is 3. The van der Waals surface area contributed by atoms with E-state index in [9.17, 15) is 4.79 Å². The zero-order valence-corrected chi connectivity index (χ0v) is 13.8. The van der Waals surface area contributed by atoms with E-state index in [1.165, 1.54) is 0 Å². The summed E-state index contributed by atoms with van der Waals surface area (Å²) in [5.74, 6) is 0.887. The minimum Gasteiger partial charge on any atom is -0.295 e. The molecule has 0 N–H and O–H groups in total. The molecule has 3 heterocycles. The number of fused-ring (bicyclic) bond motifs is 2. The lowest BCUT2D eigenvalue weighted by Crippen LogP contribution is -2.29. The number of para-hydroxylation sites is 1. The molecule has 0 bridgehead atoms. The molecule has 0 unspecified atom stereocenters. The van der Waals surface area contributed by atoms with Crippen molar-refractivity contribution in [3.8, 4) is 0 Å². The van der Waals surface area contributed by atoms with Gasteiger partial charge in [-0.25, -0.2) is 4.98 Å². The first-order valence-electron chi connectivity index (χ1n) is 8.34. The standard InChI is InChI=1S/C19H20N4O/c1-14-5-4-6-15(20-14)13-22-10-9-18-21-17-8-3-2-7-16(17)19(24)23(18)12-11-22/h2-8H,9-13H2,1H3. The van der Waals surface area contributed by atoms with Gasteiger partial charge in [-0.15, -0.1) is 0 Å². The Morgan fingerprint density at radius 3 is 2.75 bits per heavy atom. The van der Waals surface area contributed by atoms with Gasteiger partial charge in [0.15, 0.2) is 0 Å². The molecule has 2 aromatic heterocycles. The Hall–Kier alpha value is -2.53. The van der Waals surface area contributed by atoms with Crippen LogP contribution in [0.1, 0.15) is 17.2 Å². The Morgan fingerprint density at radius 1 is 1.00 bits per heavy atom. The van der Waals surface area contributed by atoms with Gasteiger partial charge in [0, 0.05) is 38.3 Å². The number of benzene rings is 1. The third kappa shape index (κ3) is 2.83. The van der Waals surface area contributed by atoms with Crippen LogP contribution >= 0.6 is 0 Å². The van der Waals surface area contributed by atoms with Crippen molar-refractivity contribution in [1.82, 2.24) is 19.4 Å². The smallest absolute Gasteiger partial charge is 0.261 e. The van der Waals surface area contributed by atoms with Gasteiger partial charge in [0.05, 0.1) is 16.6 Å². The van der Waals surface area contributed by atoms with E-state index in [1.807, 2.05) is 47.9 Å². The highest BCUT2D eigenvalue weighted by Gasteiger charge is 2.17. The van der Waals surface area contributed by atoms with Gasteiger partial charge in [-0.3, -0.25) is 19.2 Å². The van der Waals surface area contributed by atoms with E-state index in [0.717, 1.165) is 48.8 Å². The first-order chi connectivity index (χ1) is 11.7. The Labute approximate surface area is 140 Å². The van der Waals surface area contributed by atoms with E-state index in [1.54, 1.807) is 0 Å². The monoisotopic (exact) mass is 320 g/mol. The van der Waals surface area contributed by atoms with E-state index < -0.39 is 0 Å². The quantitative estimate of drug-likeness (QED) is 0.726. The van der Waals surface area contributed by atoms with Crippen molar-refractivity contribution in [3.63, 3.8) is 0 Å². The maximum atomic E-state index is 12.7. The number of hydrogen-bond acceptors (Lipinski definition) is 4. The minimum atomic E-state index is 0.0751. The van der Waals surface area contributed by atoms with Gasteiger partial charge in [0.1, 0.15) is 5.82 Å². The van der Waals surface area contributed by atoms with E-state index in [4.69, 9.17) is 4.98 Å². The van der Waals surface area contributed by atoms with Crippen molar-refractivity contribution in [2.75, 3.05) is 13.1 Å². The predicted molar refractivity (Wildman–Crippen MR) is 94.0 cm³/mol. The fourth-order valence-corrected chi connectivity index (χ4v) is 3.32. The summed E-state index contributed by atoms with van der Waals surface area (Å²) in [6.45, 7) is 5.22. The van der Waals surface area contributed by atoms with Crippen LogP contribution in [-0.4, -0.2) is 32.5 Å². The van der Waals surface area contributed by atoms with Gasteiger partial charge >= 0.3 is 0 Å². The maximum Gasteiger partial charge on any atom is 0.261 e. The fraction of sp³-hybridized carbons (Fsp3) is 0.316. The van der Waals surface area contributed by atoms with Crippen LogP contribution < -0.4 is 5.56 Å². The summed E-state index contributed by atoms with van der Waals surface area (Å²) in [6.07, 6.45) is 0.784. The highest BCUT2D eigenvalue weighted by Crippen LogP contribution is 2.13. The third-order valence-electron chi connectivity index (χ3n) is 4.56. The van der Waals surface area contributed by atoms with Crippen LogP contribution in [-0.2, 0) is 19.5 Å². The van der Waals surface area contributed by atoms with E-state index in [0.29, 0.717) is 11.9 Å². The highest BCUT2D eigenvalue weighted by molar-refractivity contribution is 5.77. The summed E-state index contributed by atoms with van der Waals surface area (Å²) < 4.78 is 1.84. The van der Waals surface area contributed by atoms with Crippen molar-refractivity contribution >= 4 is 10.9 Å². The molecule has 0 aliphatic carbocycles. The zero-order chi connectivity index (χ0) is 16.5. The van der Waals surface area contributed by atoms with Gasteiger partial charge in [-0.05, 0) is 31.2 Å². The van der Waals surface area contributed by atoms with E-state index in [2.05, 4.69) is 16.0 Å². The Kier molecular flexibility index (Phi) is 3.86. The van der Waals surface area contributed by atoms with E-state index >= 15 is 0 Å². The average Bonchev–Trinajstić information content (AvgIpc) is 2.78. The predicted octanol–water partition coefficient (Wildman–Crippen LogP) is 2.16. The SMILES string of the molecule is Cc1cccc(CN2CCc3nc4ccccc4c(=O)n3CC2)n1. The van der Waals surface area contributed by atoms with Gasteiger partial charge in [0.2, 0.25) is 0 Å². The molecule has 0 amide bonds. The molecule has 0 spiro atoms. The second-order valence-electron chi connectivity index (χ2n) is 6.30. The fourth-order valence-electron chi connectivity index (χ4n) is 3.32. The van der Waals surface area contributed by atoms with Crippen LogP contribution in [0, 0.1) is 6.92 Å². The Balaban J connectivity index is 1.61. The summed E-state index contributed by atoms with van der Waals surface area (Å²) in [6, 6.07) is 13.7. The molecule has 0 radical (unpaired) electrons. The first-order valence-corrected chi connectivity index (χ1v) is 8.34. The van der Waals surface area contributed by atoms with Crippen molar-refractivity contribution in [2.24, 2.45) is 0 Å². The number of nitrogens with zero attached hydrogens (tertiary/aromatic N) is 4. The summed E-state index contributed by atoms with van der Waals surface area (Å²) >= 11 is 0. The topological polar surface area (TPSA) is 51.0 Å². The molecule has 0 saturated carbocycles. The number of pyridine rings is 1. The molecule has 0 fully saturated rings. The summed E-state index contributed by atoms with van der Waals surface area (Å²) in [5, 5.41) is 0.704. The lowest BCUT2D eigenvalue weighted by atomic mass is 10.2. The van der Waals surface area contributed by atoms with Crippen molar-refractivity contribution < 1.29 is 0 Å². The maximum absolute atomic E-state index is 12.7. The molecule has 1 aliphatic rings. The molecule has 3 aromatic rings. The van der Waals surface area contributed by atoms with Gasteiger partial charge < -0.3 is 0 Å². The first kappa shape index (κ1) is 15.0. The molecule has 0 atom stereocenters. The normalized spacial score (nSPS) is 15.2. The largest absolute Gasteiger partial charge is 0.295 e. The summed E-state index contributed by atoms with van der Waals surface area (Å²) in [4.78, 5) is 24.4. The number of aryl methyl sites for hydroxylation is 1. The van der Waals surface area contributed by atoms with Crippen molar-refractivity contribution in [1.29, 1.82) is 0 Å². The van der Waals surface area contributed by atoms with Crippen LogP contribution in [0.5, 0.6) is 0 Å². The molecular weight excluding hydrogens is 300 g/mol. The number of rotatable bonds is 2. The summed E-state index contributed by atoms with van der Waals surface area (Å²) in [5.41, 5.74) is 2.98. The second-order valence-corrected chi connectivity index (χ2v) is 6.30. The molecule has 24 heavy (non-hydrogen) atoms.